The van der Waals surface area contributed by atoms with Crippen molar-refractivity contribution >= 4 is 5.91 Å². The highest BCUT2D eigenvalue weighted by molar-refractivity contribution is 5.83. The van der Waals surface area contributed by atoms with Gasteiger partial charge in [0.1, 0.15) is 0 Å². The zero-order valence-corrected chi connectivity index (χ0v) is 13.9. The highest BCUT2D eigenvalue weighted by Gasteiger charge is 2.58. The summed E-state index contributed by atoms with van der Waals surface area (Å²) in [6.07, 6.45) is 8.31. The van der Waals surface area contributed by atoms with E-state index in [0.717, 1.165) is 32.4 Å². The topological polar surface area (TPSA) is 41.1 Å². The maximum Gasteiger partial charge on any atom is 0.223 e. The second-order valence-electron chi connectivity index (χ2n) is 7.90. The molecule has 3 aliphatic rings. The number of hydrogen-bond donors (Lipinski definition) is 2. The quantitative estimate of drug-likeness (QED) is 0.897. The number of carbonyl (C=O) groups excluding carboxylic acids is 1. The van der Waals surface area contributed by atoms with Crippen LogP contribution in [0.3, 0.4) is 0 Å². The van der Waals surface area contributed by atoms with Gasteiger partial charge < -0.3 is 10.6 Å². The fourth-order valence-electron chi connectivity index (χ4n) is 4.85. The average Bonchev–Trinajstić information content (AvgIpc) is 3.10. The van der Waals surface area contributed by atoms with Gasteiger partial charge in [0.2, 0.25) is 5.91 Å². The fraction of sp³-hybridized carbons (Fsp3) is 0.650. The van der Waals surface area contributed by atoms with E-state index in [9.17, 15) is 4.79 Å². The third-order valence-corrected chi connectivity index (χ3v) is 6.34. The van der Waals surface area contributed by atoms with Crippen LogP contribution in [0.1, 0.15) is 44.1 Å². The van der Waals surface area contributed by atoms with Crippen molar-refractivity contribution in [3.8, 4) is 0 Å². The molecule has 1 spiro atoms. The van der Waals surface area contributed by atoms with Gasteiger partial charge in [-0.15, -0.1) is 0 Å². The van der Waals surface area contributed by atoms with Gasteiger partial charge in [0.25, 0.3) is 0 Å². The molecule has 2 saturated carbocycles. The lowest BCUT2D eigenvalue weighted by Gasteiger charge is -2.25. The molecular weight excluding hydrogens is 284 g/mol. The van der Waals surface area contributed by atoms with Crippen molar-refractivity contribution in [1.29, 1.82) is 0 Å². The Labute approximate surface area is 139 Å². The van der Waals surface area contributed by atoms with Crippen molar-refractivity contribution in [3.05, 3.63) is 35.9 Å². The van der Waals surface area contributed by atoms with Crippen LogP contribution in [0.4, 0.5) is 0 Å². The molecule has 0 bridgehead atoms. The van der Waals surface area contributed by atoms with E-state index in [0.29, 0.717) is 23.3 Å². The Hall–Kier alpha value is -1.35. The Morgan fingerprint density at radius 3 is 2.87 bits per heavy atom. The Balaban J connectivity index is 1.34. The highest BCUT2D eigenvalue weighted by atomic mass is 16.2. The van der Waals surface area contributed by atoms with E-state index in [2.05, 4.69) is 41.0 Å². The molecule has 124 valence electrons. The SMILES string of the molecule is O=C(NC1CCCC1Cc1ccccc1)C1CC12CCCNC2. The van der Waals surface area contributed by atoms with Crippen molar-refractivity contribution in [2.45, 2.75) is 51.0 Å². The average molecular weight is 312 g/mol. The largest absolute Gasteiger partial charge is 0.353 e. The molecule has 1 aromatic rings. The van der Waals surface area contributed by atoms with E-state index >= 15 is 0 Å². The minimum absolute atomic E-state index is 0.272. The van der Waals surface area contributed by atoms with Crippen LogP contribution in [0.25, 0.3) is 0 Å². The zero-order chi connectivity index (χ0) is 15.7. The van der Waals surface area contributed by atoms with Crippen molar-refractivity contribution in [2.24, 2.45) is 17.3 Å². The van der Waals surface area contributed by atoms with E-state index in [1.54, 1.807) is 0 Å². The maximum atomic E-state index is 12.7. The van der Waals surface area contributed by atoms with Gasteiger partial charge in [-0.05, 0) is 62.0 Å². The van der Waals surface area contributed by atoms with E-state index in [-0.39, 0.29) is 5.92 Å². The van der Waals surface area contributed by atoms with Crippen LogP contribution >= 0.6 is 0 Å². The molecule has 4 unspecified atom stereocenters. The Morgan fingerprint density at radius 2 is 2.09 bits per heavy atom. The lowest BCUT2D eigenvalue weighted by atomic mass is 9.92. The molecule has 0 aromatic heterocycles. The number of amides is 1. The first kappa shape index (κ1) is 15.2. The predicted molar refractivity (Wildman–Crippen MR) is 92.1 cm³/mol. The number of nitrogens with one attached hydrogen (secondary N) is 2. The third kappa shape index (κ3) is 3.16. The molecule has 1 saturated heterocycles. The third-order valence-electron chi connectivity index (χ3n) is 6.34. The van der Waals surface area contributed by atoms with Crippen molar-refractivity contribution < 1.29 is 4.79 Å². The number of rotatable bonds is 4. The van der Waals surface area contributed by atoms with Gasteiger partial charge in [-0.1, -0.05) is 36.8 Å². The molecule has 2 aliphatic carbocycles. The van der Waals surface area contributed by atoms with Gasteiger partial charge in [-0.2, -0.15) is 0 Å². The van der Waals surface area contributed by atoms with Crippen LogP contribution in [-0.4, -0.2) is 25.0 Å². The molecule has 4 atom stereocenters. The van der Waals surface area contributed by atoms with Gasteiger partial charge >= 0.3 is 0 Å². The molecule has 1 aliphatic heterocycles. The normalized spacial score (nSPS) is 36.1. The van der Waals surface area contributed by atoms with Crippen LogP contribution < -0.4 is 10.6 Å². The van der Waals surface area contributed by atoms with Gasteiger partial charge in [-0.25, -0.2) is 0 Å². The van der Waals surface area contributed by atoms with Gasteiger partial charge in [0, 0.05) is 18.5 Å². The van der Waals surface area contributed by atoms with Gasteiger partial charge in [0.15, 0.2) is 0 Å². The second kappa shape index (κ2) is 6.27. The van der Waals surface area contributed by atoms with E-state index in [1.807, 2.05) is 0 Å². The lowest BCUT2D eigenvalue weighted by molar-refractivity contribution is -0.124. The molecule has 2 N–H and O–H groups in total. The summed E-state index contributed by atoms with van der Waals surface area (Å²) in [5, 5.41) is 6.89. The molecule has 4 rings (SSSR count). The summed E-state index contributed by atoms with van der Waals surface area (Å²) in [7, 11) is 0. The lowest BCUT2D eigenvalue weighted by Crippen LogP contribution is -2.41. The summed E-state index contributed by atoms with van der Waals surface area (Å²) < 4.78 is 0. The zero-order valence-electron chi connectivity index (χ0n) is 13.9. The summed E-state index contributed by atoms with van der Waals surface area (Å²) >= 11 is 0. The predicted octanol–water partition coefficient (Wildman–Crippen LogP) is 2.90. The first-order chi connectivity index (χ1) is 11.3. The second-order valence-corrected chi connectivity index (χ2v) is 7.90. The van der Waals surface area contributed by atoms with E-state index in [1.165, 1.54) is 31.2 Å². The molecule has 3 heteroatoms. The molecule has 3 fully saturated rings. The number of benzene rings is 1. The summed E-state index contributed by atoms with van der Waals surface area (Å²) in [5.41, 5.74) is 1.70. The van der Waals surface area contributed by atoms with Crippen molar-refractivity contribution in [1.82, 2.24) is 10.6 Å². The van der Waals surface area contributed by atoms with Crippen LogP contribution in [-0.2, 0) is 11.2 Å². The van der Waals surface area contributed by atoms with E-state index in [4.69, 9.17) is 0 Å². The monoisotopic (exact) mass is 312 g/mol. The van der Waals surface area contributed by atoms with Crippen molar-refractivity contribution in [3.63, 3.8) is 0 Å². The minimum Gasteiger partial charge on any atom is -0.353 e. The van der Waals surface area contributed by atoms with E-state index < -0.39 is 0 Å². The van der Waals surface area contributed by atoms with Crippen LogP contribution in [0, 0.1) is 17.3 Å². The standard InChI is InChI=1S/C20H28N2O/c23-19(17-13-20(17)10-5-11-21-14-20)22-18-9-4-8-16(18)12-15-6-2-1-3-7-15/h1-3,6-7,16-18,21H,4-5,8-14H2,(H,22,23). The highest BCUT2D eigenvalue weighted by Crippen LogP contribution is 2.56. The molecule has 23 heavy (non-hydrogen) atoms. The Bertz CT molecular complexity index is 550. The minimum atomic E-state index is 0.272. The number of hydrogen-bond acceptors (Lipinski definition) is 2. The summed E-state index contributed by atoms with van der Waals surface area (Å²) in [6.45, 7) is 2.17. The molecule has 0 radical (unpaired) electrons. The number of piperidine rings is 1. The molecular formula is C20H28N2O. The fourth-order valence-corrected chi connectivity index (χ4v) is 4.85. The Morgan fingerprint density at radius 1 is 1.22 bits per heavy atom. The molecule has 1 amide bonds. The Kier molecular flexibility index (Phi) is 4.14. The molecule has 3 nitrogen and oxygen atoms in total. The smallest absolute Gasteiger partial charge is 0.223 e. The van der Waals surface area contributed by atoms with Gasteiger partial charge in [0.05, 0.1) is 0 Å². The summed E-state index contributed by atoms with van der Waals surface area (Å²) in [4.78, 5) is 12.7. The van der Waals surface area contributed by atoms with Crippen LogP contribution in [0.5, 0.6) is 0 Å². The first-order valence-corrected chi connectivity index (χ1v) is 9.32. The summed E-state index contributed by atoms with van der Waals surface area (Å²) in [5.74, 6) is 1.22. The van der Waals surface area contributed by atoms with Gasteiger partial charge in [-0.3, -0.25) is 4.79 Å². The first-order valence-electron chi connectivity index (χ1n) is 9.32. The maximum absolute atomic E-state index is 12.7. The number of carbonyl (C=O) groups is 1. The van der Waals surface area contributed by atoms with Crippen LogP contribution in [0.15, 0.2) is 30.3 Å². The van der Waals surface area contributed by atoms with Crippen molar-refractivity contribution in [2.75, 3.05) is 13.1 Å². The summed E-state index contributed by atoms with van der Waals surface area (Å²) in [6, 6.07) is 11.1. The molecule has 1 heterocycles. The molecule has 1 aromatic carbocycles. The van der Waals surface area contributed by atoms with Crippen LogP contribution in [0.2, 0.25) is 0 Å².